The number of aryl methyl sites for hydroxylation is 1. The Morgan fingerprint density at radius 3 is 2.21 bits per heavy atom. The molecule has 0 fully saturated rings. The van der Waals surface area contributed by atoms with Crippen molar-refractivity contribution >= 4 is 35.1 Å². The summed E-state index contributed by atoms with van der Waals surface area (Å²) in [7, 11) is 1.56. The number of carboxylic acids is 2. The van der Waals surface area contributed by atoms with Gasteiger partial charge >= 0.3 is 18.1 Å². The number of amides is 2. The normalized spacial score (nSPS) is 13.3. The molecule has 1 aliphatic heterocycles. The Hall–Kier alpha value is -4.13. The van der Waals surface area contributed by atoms with Gasteiger partial charge in [-0.2, -0.15) is 13.2 Å². The minimum atomic E-state index is -5.08. The molecule has 39 heavy (non-hydrogen) atoms. The Labute approximate surface area is 222 Å². The van der Waals surface area contributed by atoms with Crippen LogP contribution in [0.2, 0.25) is 0 Å². The maximum atomic E-state index is 13.3. The highest BCUT2D eigenvalue weighted by atomic mass is 19.4. The van der Waals surface area contributed by atoms with Gasteiger partial charge in [-0.25, -0.2) is 4.79 Å². The fourth-order valence-electron chi connectivity index (χ4n) is 3.79. The number of carboxylic acid groups (broad SMARTS) is 2. The number of halogens is 3. The van der Waals surface area contributed by atoms with Crippen LogP contribution in [0.25, 0.3) is 0 Å². The molecule has 13 heteroatoms. The van der Waals surface area contributed by atoms with E-state index in [0.717, 1.165) is 31.2 Å². The molecule has 4 N–H and O–H groups in total. The van der Waals surface area contributed by atoms with Crippen molar-refractivity contribution in [2.75, 3.05) is 31.6 Å². The molecule has 0 saturated heterocycles. The lowest BCUT2D eigenvalue weighted by Gasteiger charge is -2.23. The number of benzene rings is 2. The number of carbonyl (C=O) groups excluding carboxylic acids is 2. The molecular formula is C26H30F3N3O7. The van der Waals surface area contributed by atoms with Crippen LogP contribution < -0.4 is 15.4 Å². The van der Waals surface area contributed by atoms with Gasteiger partial charge in [-0.15, -0.1) is 0 Å². The zero-order valence-corrected chi connectivity index (χ0v) is 21.2. The van der Waals surface area contributed by atoms with Crippen LogP contribution >= 0.6 is 0 Å². The van der Waals surface area contributed by atoms with E-state index in [2.05, 4.69) is 0 Å². The lowest BCUT2D eigenvalue weighted by Crippen LogP contribution is -2.38. The molecule has 0 aromatic heterocycles. The molecule has 2 aromatic rings. The highest BCUT2D eigenvalue weighted by Crippen LogP contribution is 2.34. The van der Waals surface area contributed by atoms with Crippen LogP contribution in [-0.4, -0.2) is 71.8 Å². The van der Waals surface area contributed by atoms with Gasteiger partial charge in [0.2, 0.25) is 0 Å². The van der Waals surface area contributed by atoms with Crippen molar-refractivity contribution in [3.63, 3.8) is 0 Å². The minimum Gasteiger partial charge on any atom is -0.497 e. The summed E-state index contributed by atoms with van der Waals surface area (Å²) in [5.41, 5.74) is 8.06. The van der Waals surface area contributed by atoms with E-state index in [9.17, 15) is 27.6 Å². The van der Waals surface area contributed by atoms with E-state index in [-0.39, 0.29) is 31.3 Å². The zero-order chi connectivity index (χ0) is 29.2. The van der Waals surface area contributed by atoms with Gasteiger partial charge in [0.25, 0.3) is 11.8 Å². The first-order chi connectivity index (χ1) is 18.4. The summed E-state index contributed by atoms with van der Waals surface area (Å²) in [5, 5.41) is 16.2. The number of ether oxygens (including phenoxy) is 1. The Bertz CT molecular complexity index is 1170. The standard InChI is InChI=1S/C24H29N3O5.C2HF3O2/c1-32-19-9-7-18(8-10-19)27-21-11-6-17(5-3-2-4-13-25)15-20(21)24(31)26(16-22(27)28)14-12-23(29)30;3-2(4,5)1(6)7/h6-11,15H,2-5,12-14,16,25H2,1H3,(H,29,30);(H,6,7). The summed E-state index contributed by atoms with van der Waals surface area (Å²) in [6, 6.07) is 12.6. The number of carbonyl (C=O) groups is 4. The van der Waals surface area contributed by atoms with E-state index >= 15 is 0 Å². The number of methoxy groups -OCH3 is 1. The van der Waals surface area contributed by atoms with Gasteiger partial charge in [-0.05, 0) is 67.8 Å². The molecule has 1 heterocycles. The molecule has 212 valence electrons. The molecule has 0 radical (unpaired) electrons. The quantitative estimate of drug-likeness (QED) is 0.378. The molecule has 0 unspecified atom stereocenters. The predicted molar refractivity (Wildman–Crippen MR) is 135 cm³/mol. The lowest BCUT2D eigenvalue weighted by molar-refractivity contribution is -0.192. The van der Waals surface area contributed by atoms with Crippen LogP contribution in [0.3, 0.4) is 0 Å². The topological polar surface area (TPSA) is 150 Å². The Morgan fingerprint density at radius 1 is 1.03 bits per heavy atom. The third-order valence-electron chi connectivity index (χ3n) is 5.73. The minimum absolute atomic E-state index is 0.0312. The Kier molecular flexibility index (Phi) is 11.3. The molecule has 3 rings (SSSR count). The molecule has 0 spiro atoms. The summed E-state index contributed by atoms with van der Waals surface area (Å²) in [5.74, 6) is -3.76. The third-order valence-corrected chi connectivity index (χ3v) is 5.73. The molecular weight excluding hydrogens is 523 g/mol. The van der Waals surface area contributed by atoms with Crippen molar-refractivity contribution in [3.8, 4) is 5.75 Å². The summed E-state index contributed by atoms with van der Waals surface area (Å²) >= 11 is 0. The molecule has 0 aliphatic carbocycles. The number of hydrogen-bond donors (Lipinski definition) is 3. The SMILES string of the molecule is COc1ccc(N2C(=O)CN(CCC(=O)O)C(=O)c3cc(CCCCCN)ccc32)cc1.O=C(O)C(F)(F)F. The molecule has 2 amide bonds. The smallest absolute Gasteiger partial charge is 0.490 e. The Balaban J connectivity index is 0.000000673. The number of aliphatic carboxylic acids is 2. The molecule has 0 atom stereocenters. The maximum absolute atomic E-state index is 13.3. The van der Waals surface area contributed by atoms with Gasteiger partial charge in [-0.3, -0.25) is 19.3 Å². The monoisotopic (exact) mass is 553 g/mol. The molecule has 2 aromatic carbocycles. The molecule has 0 saturated carbocycles. The number of anilines is 2. The van der Waals surface area contributed by atoms with Crippen LogP contribution in [0.4, 0.5) is 24.5 Å². The van der Waals surface area contributed by atoms with Crippen LogP contribution in [0.5, 0.6) is 5.75 Å². The molecule has 0 bridgehead atoms. The third kappa shape index (κ3) is 8.99. The van der Waals surface area contributed by atoms with Gasteiger partial charge < -0.3 is 25.6 Å². The van der Waals surface area contributed by atoms with Gasteiger partial charge in [0.05, 0.1) is 24.8 Å². The van der Waals surface area contributed by atoms with E-state index in [0.29, 0.717) is 29.2 Å². The van der Waals surface area contributed by atoms with Crippen LogP contribution in [0.1, 0.15) is 41.6 Å². The van der Waals surface area contributed by atoms with Crippen molar-refractivity contribution in [2.45, 2.75) is 38.3 Å². The number of hydrogen-bond acceptors (Lipinski definition) is 6. The van der Waals surface area contributed by atoms with Crippen LogP contribution in [0, 0.1) is 0 Å². The molecule has 1 aliphatic rings. The first-order valence-electron chi connectivity index (χ1n) is 12.0. The second-order valence-electron chi connectivity index (χ2n) is 8.55. The number of alkyl halides is 3. The van der Waals surface area contributed by atoms with E-state index in [1.165, 1.54) is 9.80 Å². The number of nitrogens with zero attached hydrogens (tertiary/aromatic N) is 2. The van der Waals surface area contributed by atoms with Crippen LogP contribution in [-0.2, 0) is 20.8 Å². The lowest BCUT2D eigenvalue weighted by atomic mass is 10.0. The van der Waals surface area contributed by atoms with Crippen molar-refractivity contribution < 1.29 is 47.3 Å². The van der Waals surface area contributed by atoms with Gasteiger partial charge in [0.1, 0.15) is 12.3 Å². The van der Waals surface area contributed by atoms with Crippen molar-refractivity contribution in [1.82, 2.24) is 4.90 Å². The number of unbranched alkanes of at least 4 members (excludes halogenated alkanes) is 2. The van der Waals surface area contributed by atoms with E-state index in [1.807, 2.05) is 12.1 Å². The number of fused-ring (bicyclic) bond motifs is 1. The predicted octanol–water partition coefficient (Wildman–Crippen LogP) is 3.60. The van der Waals surface area contributed by atoms with Crippen LogP contribution in [0.15, 0.2) is 42.5 Å². The summed E-state index contributed by atoms with van der Waals surface area (Å²) in [4.78, 5) is 49.3. The van der Waals surface area contributed by atoms with Gasteiger partial charge in [-0.1, -0.05) is 12.5 Å². The fraction of sp³-hybridized carbons (Fsp3) is 0.385. The molecule has 10 nitrogen and oxygen atoms in total. The Morgan fingerprint density at radius 2 is 1.67 bits per heavy atom. The summed E-state index contributed by atoms with van der Waals surface area (Å²) < 4.78 is 36.9. The van der Waals surface area contributed by atoms with Gasteiger partial charge in [0, 0.05) is 12.2 Å². The first-order valence-corrected chi connectivity index (χ1v) is 12.0. The van der Waals surface area contributed by atoms with Crippen molar-refractivity contribution in [2.24, 2.45) is 5.73 Å². The largest absolute Gasteiger partial charge is 0.497 e. The number of nitrogens with two attached hydrogens (primary N) is 1. The average molecular weight is 554 g/mol. The summed E-state index contributed by atoms with van der Waals surface area (Å²) in [6.45, 7) is 0.426. The van der Waals surface area contributed by atoms with Gasteiger partial charge in [0.15, 0.2) is 0 Å². The second-order valence-corrected chi connectivity index (χ2v) is 8.55. The van der Waals surface area contributed by atoms with E-state index in [1.54, 1.807) is 37.4 Å². The first kappa shape index (κ1) is 31.1. The average Bonchev–Trinajstić information content (AvgIpc) is 2.99. The highest BCUT2D eigenvalue weighted by Gasteiger charge is 2.38. The fourth-order valence-corrected chi connectivity index (χ4v) is 3.79. The second kappa shape index (κ2) is 14.1. The highest BCUT2D eigenvalue weighted by molar-refractivity contribution is 6.13. The summed E-state index contributed by atoms with van der Waals surface area (Å²) in [6.07, 6.45) is -1.61. The van der Waals surface area contributed by atoms with Crippen molar-refractivity contribution in [1.29, 1.82) is 0 Å². The van der Waals surface area contributed by atoms with Crippen molar-refractivity contribution in [3.05, 3.63) is 53.6 Å². The zero-order valence-electron chi connectivity index (χ0n) is 21.2. The number of rotatable bonds is 10. The maximum Gasteiger partial charge on any atom is 0.490 e. The van der Waals surface area contributed by atoms with E-state index < -0.39 is 18.1 Å². The van der Waals surface area contributed by atoms with E-state index in [4.69, 9.17) is 25.5 Å².